The quantitative estimate of drug-likeness (QED) is 0.724. The van der Waals surface area contributed by atoms with Gasteiger partial charge in [0.25, 0.3) is 11.9 Å². The first-order chi connectivity index (χ1) is 14.9. The van der Waals surface area contributed by atoms with Gasteiger partial charge < -0.3 is 24.9 Å². The van der Waals surface area contributed by atoms with Crippen LogP contribution in [0.2, 0.25) is 0 Å². The maximum Gasteiger partial charge on any atom is 0.299 e. The van der Waals surface area contributed by atoms with Crippen LogP contribution in [0, 0.1) is 5.82 Å². The topological polar surface area (TPSA) is 73.6 Å². The number of carbonyl (C=O) groups is 1. The zero-order valence-corrected chi connectivity index (χ0v) is 19.8. The fraction of sp³-hybridized carbons (Fsp3) is 0.652. The summed E-state index contributed by atoms with van der Waals surface area (Å²) in [4.78, 5) is 22.3. The number of halogens is 2. The van der Waals surface area contributed by atoms with Crippen LogP contribution in [0.15, 0.2) is 16.5 Å². The Morgan fingerprint density at radius 1 is 1.19 bits per heavy atom. The summed E-state index contributed by atoms with van der Waals surface area (Å²) in [6.07, 6.45) is 5.57. The summed E-state index contributed by atoms with van der Waals surface area (Å²) in [5.41, 5.74) is 0.741. The molecule has 0 radical (unpaired) electrons. The Balaban J connectivity index is 0.00000245. The van der Waals surface area contributed by atoms with Crippen molar-refractivity contribution in [3.8, 4) is 0 Å². The molecule has 1 aromatic heterocycles. The molecule has 32 heavy (non-hydrogen) atoms. The highest BCUT2D eigenvalue weighted by molar-refractivity contribution is 6.05. The number of piperidine rings is 2. The molecule has 2 N–H and O–H groups in total. The second-order valence-corrected chi connectivity index (χ2v) is 9.58. The Hall–Kier alpha value is -1.90. The van der Waals surface area contributed by atoms with E-state index in [0.717, 1.165) is 25.9 Å². The van der Waals surface area contributed by atoms with E-state index in [4.69, 9.17) is 4.42 Å². The number of piperazine rings is 1. The lowest BCUT2D eigenvalue weighted by molar-refractivity contribution is 0.0463. The van der Waals surface area contributed by atoms with Crippen LogP contribution in [0.25, 0.3) is 11.1 Å². The van der Waals surface area contributed by atoms with E-state index in [9.17, 15) is 9.18 Å². The molecule has 176 valence electrons. The zero-order chi connectivity index (χ0) is 21.7. The Morgan fingerprint density at radius 3 is 2.50 bits per heavy atom. The van der Waals surface area contributed by atoms with E-state index >= 15 is 0 Å². The largest absolute Gasteiger partial charge is 0.420 e. The van der Waals surface area contributed by atoms with Gasteiger partial charge in [0.1, 0.15) is 5.52 Å². The van der Waals surface area contributed by atoms with Gasteiger partial charge in [0.05, 0.1) is 5.56 Å². The summed E-state index contributed by atoms with van der Waals surface area (Å²) in [6.45, 7) is 5.77. The van der Waals surface area contributed by atoms with Gasteiger partial charge in [0.15, 0.2) is 11.4 Å². The molecule has 0 aliphatic carbocycles. The van der Waals surface area contributed by atoms with Gasteiger partial charge in [-0.05, 0) is 58.7 Å². The van der Waals surface area contributed by atoms with Gasteiger partial charge >= 0.3 is 0 Å². The molecule has 3 fully saturated rings. The van der Waals surface area contributed by atoms with Gasteiger partial charge in [-0.1, -0.05) is 6.42 Å². The number of carbonyl (C=O) groups excluding carboxylic acids is 1. The van der Waals surface area contributed by atoms with Gasteiger partial charge in [-0.15, -0.1) is 12.4 Å². The molecule has 1 amide bonds. The van der Waals surface area contributed by atoms with Crippen molar-refractivity contribution in [2.45, 2.75) is 76.2 Å². The minimum absolute atomic E-state index is 0. The van der Waals surface area contributed by atoms with Crippen LogP contribution in [0.5, 0.6) is 0 Å². The molecule has 0 spiro atoms. The average molecular weight is 466 g/mol. The molecule has 7 nitrogen and oxygen atoms in total. The molecule has 4 atom stereocenters. The SMILES string of the molecule is CC1CNCC(C)N1c1nc2c(C(=O)NC3CC4CCCC(C3)N4C)ccc(F)c2o1.Cl. The first-order valence-corrected chi connectivity index (χ1v) is 11.5. The van der Waals surface area contributed by atoms with Gasteiger partial charge in [-0.3, -0.25) is 4.79 Å². The van der Waals surface area contributed by atoms with Crippen LogP contribution < -0.4 is 15.5 Å². The van der Waals surface area contributed by atoms with Crippen molar-refractivity contribution >= 4 is 35.4 Å². The monoisotopic (exact) mass is 465 g/mol. The fourth-order valence-electron chi connectivity index (χ4n) is 5.76. The van der Waals surface area contributed by atoms with Crippen molar-refractivity contribution in [2.75, 3.05) is 25.0 Å². The van der Waals surface area contributed by atoms with Gasteiger partial charge in [0, 0.05) is 43.3 Å². The van der Waals surface area contributed by atoms with Crippen LogP contribution >= 0.6 is 12.4 Å². The van der Waals surface area contributed by atoms with E-state index in [-0.39, 0.29) is 42.0 Å². The third kappa shape index (κ3) is 4.08. The molecule has 2 aromatic rings. The van der Waals surface area contributed by atoms with E-state index in [2.05, 4.69) is 46.3 Å². The van der Waals surface area contributed by atoms with E-state index in [0.29, 0.717) is 29.2 Å². The number of fused-ring (bicyclic) bond motifs is 3. The molecular weight excluding hydrogens is 433 g/mol. The third-order valence-corrected chi connectivity index (χ3v) is 7.45. The lowest BCUT2D eigenvalue weighted by Crippen LogP contribution is -2.55. The lowest BCUT2D eigenvalue weighted by atomic mass is 9.82. The van der Waals surface area contributed by atoms with E-state index in [1.807, 2.05) is 0 Å². The molecule has 5 rings (SSSR count). The first kappa shape index (κ1) is 23.3. The fourth-order valence-corrected chi connectivity index (χ4v) is 5.76. The molecule has 3 aliphatic rings. The predicted octanol–water partition coefficient (Wildman–Crippen LogP) is 3.32. The summed E-state index contributed by atoms with van der Waals surface area (Å²) in [5, 5.41) is 6.58. The molecule has 2 bridgehead atoms. The Kier molecular flexibility index (Phi) is 6.66. The summed E-state index contributed by atoms with van der Waals surface area (Å²) < 4.78 is 20.4. The van der Waals surface area contributed by atoms with Crippen LogP contribution in [0.1, 0.15) is 56.3 Å². The number of hydrogen-bond acceptors (Lipinski definition) is 6. The van der Waals surface area contributed by atoms with Crippen molar-refractivity contribution in [3.05, 3.63) is 23.5 Å². The Bertz CT molecular complexity index is 961. The van der Waals surface area contributed by atoms with Gasteiger partial charge in [-0.2, -0.15) is 4.98 Å². The minimum atomic E-state index is -0.491. The number of aromatic nitrogens is 1. The molecule has 4 heterocycles. The Labute approximate surface area is 194 Å². The maximum absolute atomic E-state index is 14.6. The summed E-state index contributed by atoms with van der Waals surface area (Å²) in [6, 6.07) is 4.73. The second-order valence-electron chi connectivity index (χ2n) is 9.58. The molecule has 1 aromatic carbocycles. The number of nitrogens with zero attached hydrogens (tertiary/aromatic N) is 3. The van der Waals surface area contributed by atoms with Crippen molar-refractivity contribution < 1.29 is 13.6 Å². The summed E-state index contributed by atoms with van der Waals surface area (Å²) in [7, 11) is 2.20. The van der Waals surface area contributed by atoms with Crippen LogP contribution in [0.4, 0.5) is 10.4 Å². The number of benzene rings is 1. The molecular formula is C23H33ClFN5O2. The number of amides is 1. The van der Waals surface area contributed by atoms with Crippen LogP contribution in [0.3, 0.4) is 0 Å². The van der Waals surface area contributed by atoms with Crippen LogP contribution in [-0.2, 0) is 0 Å². The van der Waals surface area contributed by atoms with E-state index in [1.54, 1.807) is 0 Å². The summed E-state index contributed by atoms with van der Waals surface area (Å²) >= 11 is 0. The Morgan fingerprint density at radius 2 is 1.84 bits per heavy atom. The van der Waals surface area contributed by atoms with E-state index < -0.39 is 5.82 Å². The number of nitrogens with one attached hydrogen (secondary N) is 2. The van der Waals surface area contributed by atoms with Gasteiger partial charge in [0.2, 0.25) is 0 Å². The van der Waals surface area contributed by atoms with Crippen molar-refractivity contribution in [3.63, 3.8) is 0 Å². The highest BCUT2D eigenvalue weighted by Gasteiger charge is 2.37. The smallest absolute Gasteiger partial charge is 0.299 e. The van der Waals surface area contributed by atoms with E-state index in [1.165, 1.54) is 31.4 Å². The maximum atomic E-state index is 14.6. The van der Waals surface area contributed by atoms with Crippen molar-refractivity contribution in [1.82, 2.24) is 20.5 Å². The number of oxazole rings is 1. The minimum Gasteiger partial charge on any atom is -0.420 e. The van der Waals surface area contributed by atoms with Crippen LogP contribution in [-0.4, -0.2) is 66.1 Å². The second kappa shape index (κ2) is 9.15. The van der Waals surface area contributed by atoms with Gasteiger partial charge in [-0.25, -0.2) is 4.39 Å². The molecule has 4 unspecified atom stereocenters. The lowest BCUT2D eigenvalue weighted by Gasteiger charge is -2.47. The first-order valence-electron chi connectivity index (χ1n) is 11.5. The highest BCUT2D eigenvalue weighted by atomic mass is 35.5. The number of rotatable bonds is 3. The predicted molar refractivity (Wildman–Crippen MR) is 125 cm³/mol. The summed E-state index contributed by atoms with van der Waals surface area (Å²) in [5.74, 6) is -0.687. The number of hydrogen-bond donors (Lipinski definition) is 2. The normalized spacial score (nSPS) is 30.8. The molecule has 3 aliphatic heterocycles. The number of anilines is 1. The zero-order valence-electron chi connectivity index (χ0n) is 18.9. The standard InChI is InChI=1S/C23H32FN5O2.ClH/c1-13-11-25-12-14(2)29(13)23-27-20-18(7-8-19(24)21(20)31-23)22(30)26-15-9-16-5-4-6-17(10-15)28(16)3;/h7-8,13-17,25H,4-6,9-12H2,1-3H3,(H,26,30);1H. The molecule has 9 heteroatoms. The molecule has 3 saturated heterocycles. The third-order valence-electron chi connectivity index (χ3n) is 7.45. The molecule has 0 saturated carbocycles. The highest BCUT2D eigenvalue weighted by Crippen LogP contribution is 2.33. The van der Waals surface area contributed by atoms with Crippen molar-refractivity contribution in [2.24, 2.45) is 0 Å². The average Bonchev–Trinajstić information content (AvgIpc) is 3.14. The van der Waals surface area contributed by atoms with Crippen molar-refractivity contribution in [1.29, 1.82) is 0 Å².